The largest absolute Gasteiger partial charge is 0.497 e. The number of aromatic amines is 1. The molecule has 1 fully saturated rings. The number of aliphatic hydroxyl groups excluding tert-OH is 1. The normalized spacial score (nSPS) is 19.1. The predicted molar refractivity (Wildman–Crippen MR) is 129 cm³/mol. The zero-order valence-electron chi connectivity index (χ0n) is 20.0. The summed E-state index contributed by atoms with van der Waals surface area (Å²) in [7, 11) is 3.12. The highest BCUT2D eigenvalue weighted by Crippen LogP contribution is 2.49. The number of ether oxygens (including phenoxy) is 2. The van der Waals surface area contributed by atoms with Gasteiger partial charge in [-0.1, -0.05) is 0 Å². The Morgan fingerprint density at radius 2 is 2.03 bits per heavy atom. The minimum atomic E-state index is -0.494. The molecule has 1 aromatic carbocycles. The number of nitrogens with one attached hydrogen (secondary N) is 1. The molecule has 2 aliphatic rings. The van der Waals surface area contributed by atoms with Crippen LogP contribution in [0.5, 0.6) is 5.75 Å². The van der Waals surface area contributed by atoms with Gasteiger partial charge in [-0.15, -0.1) is 0 Å². The van der Waals surface area contributed by atoms with Crippen molar-refractivity contribution in [1.82, 2.24) is 19.8 Å². The van der Waals surface area contributed by atoms with Gasteiger partial charge in [0, 0.05) is 67.2 Å². The van der Waals surface area contributed by atoms with Crippen molar-refractivity contribution in [3.63, 3.8) is 0 Å². The zero-order chi connectivity index (χ0) is 24.6. The summed E-state index contributed by atoms with van der Waals surface area (Å²) in [5, 5.41) is 11.4. The predicted octanol–water partition coefficient (Wildman–Crippen LogP) is 2.27. The fraction of sp³-hybridized carbons (Fsp3) is 0.423. The molecule has 0 bridgehead atoms. The fourth-order valence-electron chi connectivity index (χ4n) is 5.69. The number of nitrogens with zero attached hydrogens (tertiary/aromatic N) is 3. The Kier molecular flexibility index (Phi) is 6.21. The number of aromatic nitrogens is 2. The van der Waals surface area contributed by atoms with Crippen LogP contribution >= 0.6 is 0 Å². The molecule has 1 saturated heterocycles. The summed E-state index contributed by atoms with van der Waals surface area (Å²) < 4.78 is 10.6. The Labute approximate surface area is 203 Å². The van der Waals surface area contributed by atoms with E-state index in [1.54, 1.807) is 36.5 Å². The number of hydrogen-bond acceptors (Lipinski definition) is 6. The number of aliphatic hydroxyl groups is 1. The van der Waals surface area contributed by atoms with Crippen LogP contribution < -0.4 is 4.74 Å². The molecule has 1 spiro atoms. The molecule has 0 radical (unpaired) electrons. The molecule has 0 unspecified atom stereocenters. The number of likely N-dealkylation sites (tertiary alicyclic amines) is 1. The van der Waals surface area contributed by atoms with Crippen LogP contribution in [0.4, 0.5) is 0 Å². The lowest BCUT2D eigenvalue weighted by Crippen LogP contribution is -2.56. The van der Waals surface area contributed by atoms with Crippen LogP contribution in [0.15, 0.2) is 42.7 Å². The summed E-state index contributed by atoms with van der Waals surface area (Å²) in [6.07, 6.45) is 4.63. The summed E-state index contributed by atoms with van der Waals surface area (Å²) >= 11 is 0. The molecule has 0 saturated carbocycles. The van der Waals surface area contributed by atoms with Gasteiger partial charge in [0.15, 0.2) is 0 Å². The fourth-order valence-corrected chi connectivity index (χ4v) is 5.69. The number of methoxy groups -OCH3 is 2. The van der Waals surface area contributed by atoms with Crippen LogP contribution in [0.1, 0.15) is 40.5 Å². The van der Waals surface area contributed by atoms with Crippen molar-refractivity contribution in [2.75, 3.05) is 47.1 Å². The summed E-state index contributed by atoms with van der Waals surface area (Å²) in [5.74, 6) is 0.532. The molecule has 1 atom stereocenters. The Morgan fingerprint density at radius 1 is 1.23 bits per heavy atom. The van der Waals surface area contributed by atoms with E-state index < -0.39 is 6.04 Å². The molecular weight excluding hydrogens is 448 g/mol. The second-order valence-electron chi connectivity index (χ2n) is 9.29. The maximum atomic E-state index is 13.1. The highest BCUT2D eigenvalue weighted by Gasteiger charge is 2.49. The maximum Gasteiger partial charge on any atom is 0.255 e. The monoisotopic (exact) mass is 478 g/mol. The molecule has 9 heteroatoms. The van der Waals surface area contributed by atoms with Gasteiger partial charge in [-0.3, -0.25) is 14.6 Å². The second kappa shape index (κ2) is 9.31. The van der Waals surface area contributed by atoms with Crippen LogP contribution in [0.25, 0.3) is 10.9 Å². The third kappa shape index (κ3) is 3.94. The van der Waals surface area contributed by atoms with Crippen molar-refractivity contribution in [2.45, 2.75) is 24.3 Å². The van der Waals surface area contributed by atoms with Gasteiger partial charge in [-0.2, -0.15) is 0 Å². The summed E-state index contributed by atoms with van der Waals surface area (Å²) in [6, 6.07) is 8.97. The molecule has 9 nitrogen and oxygen atoms in total. The Balaban J connectivity index is 1.55. The van der Waals surface area contributed by atoms with Crippen LogP contribution in [0, 0.1) is 0 Å². The highest BCUT2D eigenvalue weighted by molar-refractivity contribution is 5.94. The maximum absolute atomic E-state index is 13.1. The second-order valence-corrected chi connectivity index (χ2v) is 9.29. The van der Waals surface area contributed by atoms with Crippen molar-refractivity contribution < 1.29 is 24.2 Å². The average Bonchev–Trinajstić information content (AvgIpc) is 3.29. The van der Waals surface area contributed by atoms with Gasteiger partial charge in [-0.25, -0.2) is 0 Å². The van der Waals surface area contributed by atoms with E-state index in [-0.39, 0.29) is 30.4 Å². The number of hydrogen-bond donors (Lipinski definition) is 2. The van der Waals surface area contributed by atoms with Crippen molar-refractivity contribution >= 4 is 22.7 Å². The molecule has 2 amide bonds. The van der Waals surface area contributed by atoms with Gasteiger partial charge in [0.05, 0.1) is 25.3 Å². The number of amides is 2. The molecule has 4 heterocycles. The minimum absolute atomic E-state index is 0.0341. The minimum Gasteiger partial charge on any atom is -0.497 e. The van der Waals surface area contributed by atoms with Gasteiger partial charge in [0.1, 0.15) is 12.4 Å². The summed E-state index contributed by atoms with van der Waals surface area (Å²) in [5.41, 5.74) is 3.09. The van der Waals surface area contributed by atoms with Gasteiger partial charge in [0.25, 0.3) is 5.91 Å². The van der Waals surface area contributed by atoms with Crippen molar-refractivity contribution in [3.8, 4) is 5.75 Å². The Bertz CT molecular complexity index is 1230. The first-order valence-corrected chi connectivity index (χ1v) is 11.8. The number of piperidine rings is 1. The van der Waals surface area contributed by atoms with E-state index in [1.807, 2.05) is 23.1 Å². The van der Waals surface area contributed by atoms with E-state index in [2.05, 4.69) is 9.97 Å². The molecule has 2 N–H and O–H groups in total. The van der Waals surface area contributed by atoms with E-state index in [1.165, 1.54) is 7.11 Å². The SMILES string of the molecule is COCC(=O)N1CC2(CCN(C(=O)c3cccnc3)CC2)c2c([nH]c3cc(OC)ccc23)[C@H]1CO. The van der Waals surface area contributed by atoms with Crippen LogP contribution in [-0.2, 0) is 14.9 Å². The lowest BCUT2D eigenvalue weighted by molar-refractivity contribution is -0.141. The molecule has 5 rings (SSSR count). The molecule has 35 heavy (non-hydrogen) atoms. The standard InChI is InChI=1S/C26H30N4O5/c1-34-15-22(32)30-16-26(7-10-29(11-8-26)25(33)17-4-3-9-27-13-17)23-19-6-5-18(35-2)12-20(19)28-24(23)21(30)14-31/h3-6,9,12-13,21,28,31H,7-8,10-11,14-16H2,1-2H3/t21-/m1/s1. The quantitative estimate of drug-likeness (QED) is 0.583. The van der Waals surface area contributed by atoms with E-state index in [0.717, 1.165) is 27.9 Å². The number of rotatable bonds is 5. The first-order chi connectivity index (χ1) is 17.0. The lowest BCUT2D eigenvalue weighted by Gasteiger charge is -2.50. The van der Waals surface area contributed by atoms with Crippen molar-refractivity contribution in [1.29, 1.82) is 0 Å². The lowest BCUT2D eigenvalue weighted by atomic mass is 9.68. The van der Waals surface area contributed by atoms with E-state index in [4.69, 9.17) is 9.47 Å². The number of H-pyrrole nitrogens is 1. The average molecular weight is 479 g/mol. The number of benzene rings is 1. The van der Waals surface area contributed by atoms with Gasteiger partial charge < -0.3 is 29.4 Å². The zero-order valence-corrected chi connectivity index (χ0v) is 20.0. The van der Waals surface area contributed by atoms with Gasteiger partial charge in [0.2, 0.25) is 5.91 Å². The van der Waals surface area contributed by atoms with Crippen molar-refractivity contribution in [3.05, 3.63) is 59.5 Å². The number of carbonyl (C=O) groups is 2. The number of carbonyl (C=O) groups excluding carboxylic acids is 2. The van der Waals surface area contributed by atoms with E-state index >= 15 is 0 Å². The molecule has 0 aliphatic carbocycles. The van der Waals surface area contributed by atoms with Gasteiger partial charge >= 0.3 is 0 Å². The third-order valence-corrected chi connectivity index (χ3v) is 7.42. The number of fused-ring (bicyclic) bond motifs is 4. The Morgan fingerprint density at radius 3 is 2.69 bits per heavy atom. The number of pyridine rings is 1. The van der Waals surface area contributed by atoms with Gasteiger partial charge in [-0.05, 0) is 42.7 Å². The first kappa shape index (κ1) is 23.3. The molecule has 3 aromatic rings. The summed E-state index contributed by atoms with van der Waals surface area (Å²) in [4.78, 5) is 37.3. The van der Waals surface area contributed by atoms with Crippen LogP contribution in [-0.4, -0.2) is 83.8 Å². The molecule has 2 aliphatic heterocycles. The molecule has 184 valence electrons. The highest BCUT2D eigenvalue weighted by atomic mass is 16.5. The smallest absolute Gasteiger partial charge is 0.255 e. The van der Waals surface area contributed by atoms with Crippen molar-refractivity contribution in [2.24, 2.45) is 0 Å². The van der Waals surface area contributed by atoms with E-state index in [0.29, 0.717) is 38.0 Å². The third-order valence-electron chi connectivity index (χ3n) is 7.42. The molecular formula is C26H30N4O5. The first-order valence-electron chi connectivity index (χ1n) is 11.8. The molecule has 2 aromatic heterocycles. The Hall–Kier alpha value is -3.43. The van der Waals surface area contributed by atoms with Crippen LogP contribution in [0.3, 0.4) is 0 Å². The van der Waals surface area contributed by atoms with Crippen LogP contribution in [0.2, 0.25) is 0 Å². The van der Waals surface area contributed by atoms with E-state index in [9.17, 15) is 14.7 Å². The topological polar surface area (TPSA) is 108 Å². The summed E-state index contributed by atoms with van der Waals surface area (Å²) in [6.45, 7) is 1.33.